The highest BCUT2D eigenvalue weighted by molar-refractivity contribution is 6.17. The zero-order valence-electron chi connectivity index (χ0n) is 9.97. The van der Waals surface area contributed by atoms with Gasteiger partial charge in [0.05, 0.1) is 13.0 Å². The van der Waals surface area contributed by atoms with Crippen LogP contribution in [0.2, 0.25) is 0 Å². The average molecular weight is 241 g/mol. The highest BCUT2D eigenvalue weighted by Gasteiger charge is 2.09. The van der Waals surface area contributed by atoms with Crippen molar-refractivity contribution in [3.63, 3.8) is 0 Å². The molecular weight excluding hydrogens is 224 g/mol. The smallest absolute Gasteiger partial charge is 0.310 e. The summed E-state index contributed by atoms with van der Waals surface area (Å²) < 4.78 is 4.93. The lowest BCUT2D eigenvalue weighted by Crippen LogP contribution is -2.09. The first-order valence-corrected chi connectivity index (χ1v) is 5.92. The monoisotopic (exact) mass is 240 g/mol. The van der Waals surface area contributed by atoms with Gasteiger partial charge in [0.15, 0.2) is 0 Å². The van der Waals surface area contributed by atoms with Crippen LogP contribution < -0.4 is 0 Å². The number of alkyl halides is 1. The molecule has 0 radical (unpaired) electrons. The predicted molar refractivity (Wildman–Crippen MR) is 65.8 cm³/mol. The van der Waals surface area contributed by atoms with Crippen LogP contribution in [0.3, 0.4) is 0 Å². The van der Waals surface area contributed by atoms with Gasteiger partial charge in [0, 0.05) is 5.88 Å². The first kappa shape index (κ1) is 13.0. The summed E-state index contributed by atoms with van der Waals surface area (Å²) in [5.41, 5.74) is 4.35. The van der Waals surface area contributed by atoms with E-state index in [1.165, 1.54) is 0 Å². The Bertz CT molecular complexity index is 386. The molecule has 0 amide bonds. The van der Waals surface area contributed by atoms with E-state index in [4.69, 9.17) is 16.3 Å². The van der Waals surface area contributed by atoms with Crippen LogP contribution in [0.25, 0.3) is 0 Å². The van der Waals surface area contributed by atoms with E-state index < -0.39 is 0 Å². The summed E-state index contributed by atoms with van der Waals surface area (Å²) in [6, 6.07) is 4.06. The molecule has 16 heavy (non-hydrogen) atoms. The second-order valence-electron chi connectivity index (χ2n) is 3.82. The molecule has 0 bridgehead atoms. The van der Waals surface area contributed by atoms with Crippen molar-refractivity contribution in [3.8, 4) is 0 Å². The summed E-state index contributed by atoms with van der Waals surface area (Å²) in [7, 11) is 0. The van der Waals surface area contributed by atoms with E-state index in [1.54, 1.807) is 0 Å². The Hall–Kier alpha value is -1.02. The molecule has 0 saturated heterocycles. The van der Waals surface area contributed by atoms with Crippen molar-refractivity contribution >= 4 is 17.6 Å². The van der Waals surface area contributed by atoms with Gasteiger partial charge in [-0.1, -0.05) is 12.1 Å². The number of aryl methyl sites for hydroxylation is 2. The molecule has 0 aliphatic carbocycles. The lowest BCUT2D eigenvalue weighted by Gasteiger charge is -2.10. The maximum Gasteiger partial charge on any atom is 0.310 e. The lowest BCUT2D eigenvalue weighted by molar-refractivity contribution is -0.142. The molecule has 0 aliphatic heterocycles. The number of ether oxygens (including phenoxy) is 1. The zero-order chi connectivity index (χ0) is 12.1. The molecule has 0 heterocycles. The molecule has 0 aromatic heterocycles. The van der Waals surface area contributed by atoms with E-state index in [0.29, 0.717) is 18.9 Å². The molecule has 2 nitrogen and oxygen atoms in total. The molecule has 0 atom stereocenters. The normalized spacial score (nSPS) is 10.2. The predicted octanol–water partition coefficient (Wildman–Crippen LogP) is 3.15. The van der Waals surface area contributed by atoms with Crippen molar-refractivity contribution in [2.75, 3.05) is 6.61 Å². The Morgan fingerprint density at radius 1 is 1.25 bits per heavy atom. The van der Waals surface area contributed by atoms with Crippen LogP contribution in [0.5, 0.6) is 0 Å². The van der Waals surface area contributed by atoms with Gasteiger partial charge in [0.25, 0.3) is 0 Å². The van der Waals surface area contributed by atoms with Gasteiger partial charge in [-0.25, -0.2) is 0 Å². The third kappa shape index (κ3) is 3.24. The van der Waals surface area contributed by atoms with Crippen molar-refractivity contribution < 1.29 is 9.53 Å². The topological polar surface area (TPSA) is 26.3 Å². The van der Waals surface area contributed by atoms with Crippen LogP contribution in [0, 0.1) is 13.8 Å². The van der Waals surface area contributed by atoms with E-state index in [9.17, 15) is 4.79 Å². The molecular formula is C13H17ClO2. The molecule has 0 N–H and O–H groups in total. The maximum absolute atomic E-state index is 11.4. The summed E-state index contributed by atoms with van der Waals surface area (Å²) >= 11 is 5.82. The van der Waals surface area contributed by atoms with Crippen LogP contribution in [-0.2, 0) is 21.8 Å². The number of hydrogen-bond acceptors (Lipinski definition) is 2. The third-order valence-corrected chi connectivity index (χ3v) is 2.87. The highest BCUT2D eigenvalue weighted by Crippen LogP contribution is 2.18. The van der Waals surface area contributed by atoms with Gasteiger partial charge in [-0.3, -0.25) is 4.79 Å². The minimum atomic E-state index is -0.177. The number of hydrogen-bond donors (Lipinski definition) is 0. The Kier molecular flexibility index (Phi) is 4.81. The fourth-order valence-corrected chi connectivity index (χ4v) is 1.93. The van der Waals surface area contributed by atoms with Gasteiger partial charge in [0.1, 0.15) is 0 Å². The lowest BCUT2D eigenvalue weighted by atomic mass is 9.99. The fraction of sp³-hybridized carbons (Fsp3) is 0.462. The largest absolute Gasteiger partial charge is 0.466 e. The molecule has 1 aromatic rings. The Balaban J connectivity index is 2.89. The van der Waals surface area contributed by atoms with E-state index in [2.05, 4.69) is 0 Å². The number of carbonyl (C=O) groups excluding carboxylic acids is 1. The number of rotatable bonds is 4. The van der Waals surface area contributed by atoms with Crippen LogP contribution in [-0.4, -0.2) is 12.6 Å². The molecule has 3 heteroatoms. The summed E-state index contributed by atoms with van der Waals surface area (Å²) in [5, 5.41) is 0. The van der Waals surface area contributed by atoms with Gasteiger partial charge < -0.3 is 4.74 Å². The van der Waals surface area contributed by atoms with Crippen molar-refractivity contribution in [1.29, 1.82) is 0 Å². The Morgan fingerprint density at radius 2 is 1.81 bits per heavy atom. The fourth-order valence-electron chi connectivity index (χ4n) is 1.64. The number of carbonyl (C=O) groups is 1. The van der Waals surface area contributed by atoms with E-state index in [-0.39, 0.29) is 5.97 Å². The van der Waals surface area contributed by atoms with Crippen molar-refractivity contribution in [1.82, 2.24) is 0 Å². The molecule has 0 fully saturated rings. The number of halogens is 1. The van der Waals surface area contributed by atoms with E-state index in [1.807, 2.05) is 32.9 Å². The van der Waals surface area contributed by atoms with Crippen LogP contribution in [0.15, 0.2) is 12.1 Å². The molecule has 1 rings (SSSR count). The number of esters is 1. The third-order valence-electron chi connectivity index (χ3n) is 2.58. The highest BCUT2D eigenvalue weighted by atomic mass is 35.5. The zero-order valence-corrected chi connectivity index (χ0v) is 10.7. The summed E-state index contributed by atoms with van der Waals surface area (Å²) in [4.78, 5) is 11.4. The molecule has 0 spiro atoms. The second-order valence-corrected chi connectivity index (χ2v) is 4.09. The second kappa shape index (κ2) is 5.90. The van der Waals surface area contributed by atoms with Crippen molar-refractivity contribution in [2.45, 2.75) is 33.1 Å². The van der Waals surface area contributed by atoms with E-state index in [0.717, 1.165) is 22.3 Å². The minimum Gasteiger partial charge on any atom is -0.466 e. The van der Waals surface area contributed by atoms with Gasteiger partial charge in [-0.05, 0) is 43.0 Å². The van der Waals surface area contributed by atoms with Gasteiger partial charge in [-0.15, -0.1) is 11.6 Å². The summed E-state index contributed by atoms with van der Waals surface area (Å²) in [5.74, 6) is 0.329. The average Bonchev–Trinajstić information content (AvgIpc) is 2.23. The van der Waals surface area contributed by atoms with E-state index >= 15 is 0 Å². The molecule has 1 aromatic carbocycles. The quantitative estimate of drug-likeness (QED) is 0.597. The summed E-state index contributed by atoms with van der Waals surface area (Å²) in [6.45, 7) is 6.24. The maximum atomic E-state index is 11.4. The summed E-state index contributed by atoms with van der Waals surface area (Å²) in [6.07, 6.45) is 0.336. The molecule has 88 valence electrons. The molecule has 0 saturated carbocycles. The molecule has 0 unspecified atom stereocenters. The molecule has 0 aliphatic rings. The van der Waals surface area contributed by atoms with Crippen LogP contribution >= 0.6 is 11.6 Å². The van der Waals surface area contributed by atoms with Gasteiger partial charge in [0.2, 0.25) is 0 Å². The Morgan fingerprint density at radius 3 is 2.38 bits per heavy atom. The number of benzene rings is 1. The van der Waals surface area contributed by atoms with Gasteiger partial charge in [-0.2, -0.15) is 0 Å². The first-order valence-electron chi connectivity index (χ1n) is 5.39. The minimum absolute atomic E-state index is 0.177. The van der Waals surface area contributed by atoms with Gasteiger partial charge >= 0.3 is 5.97 Å². The first-order chi connectivity index (χ1) is 7.58. The van der Waals surface area contributed by atoms with Crippen LogP contribution in [0.4, 0.5) is 0 Å². The van der Waals surface area contributed by atoms with Crippen molar-refractivity contribution in [3.05, 3.63) is 34.4 Å². The Labute approximate surface area is 102 Å². The van der Waals surface area contributed by atoms with Crippen molar-refractivity contribution in [2.24, 2.45) is 0 Å². The van der Waals surface area contributed by atoms with Crippen LogP contribution in [0.1, 0.15) is 29.2 Å². The standard InChI is InChI=1S/C13H17ClO2/c1-4-16-13(15)7-11-5-10(3)12(8-14)6-9(11)2/h5-6H,4,7-8H2,1-3H3. The SMILES string of the molecule is CCOC(=O)Cc1cc(C)c(CCl)cc1C.